The molecule has 0 aromatic carbocycles. The van der Waals surface area contributed by atoms with E-state index in [1.165, 1.54) is 0 Å². The van der Waals surface area contributed by atoms with Gasteiger partial charge in [-0.05, 0) is 0 Å². The lowest BCUT2D eigenvalue weighted by Crippen LogP contribution is 0.143. The molecule has 0 unspecified atom stereocenters. The summed E-state index contributed by atoms with van der Waals surface area (Å²) in [5.41, 5.74) is 0. The third kappa shape index (κ3) is 0. The van der Waals surface area contributed by atoms with Crippen LogP contribution in [0, 0.1) is 0 Å². The van der Waals surface area contributed by atoms with Crippen molar-refractivity contribution >= 4 is 0 Å². The molecule has 0 spiro atoms. The van der Waals surface area contributed by atoms with Crippen LogP contribution in [0.3, 0.4) is 0 Å². The van der Waals surface area contributed by atoms with Crippen LogP contribution >= 0.6 is 0 Å². The monoisotopic (exact) mass is 511 g/mol. The second kappa shape index (κ2) is 0. The minimum absolute atomic E-state index is 0. The molecule has 0 aromatic rings. The van der Waals surface area contributed by atoms with Gasteiger partial charge in [0, 0.05) is 44.3 Å². The van der Waals surface area contributed by atoms with Gasteiger partial charge in [-0.1, -0.05) is 193 Å². The summed E-state index contributed by atoms with van der Waals surface area (Å²) < 4.78 is 130. The molecule has 0 heterocycles. The molecule has 0 bridgehead atoms. The van der Waals surface area contributed by atoms with Crippen LogP contribution in [-0.2, 0) is 0 Å². The number of hydrogen-bond acceptors (Lipinski definition) is 0. The predicted octanol–water partition coefficient (Wildman–Crippen LogP) is 20.7. The van der Waals surface area contributed by atoms with Crippen molar-refractivity contribution in [3.8, 4) is 0 Å². The predicted molar refractivity (Wildman–Crippen MR) is 211 cm³/mol. The lowest BCUT2D eigenvalue weighted by atomic mass is 12.0. The SMILES string of the molecule is C.C.C.C.C.C.C.C.C.C.C.C.C.C.C.C.C.C.C.C.C.C.C.C.C.C.[3HH].[3HH].[3HH].[3HH].[3H][3H].[3H][3H].[3H][3H].[3H][3H].[3H][3H].[3H][3H].[3H][3H].[3H][3H].[3H][3H].[3H][3H].[3H][3H].[3H][3H].[3H][3H]. The Labute approximate surface area is 239 Å². The van der Waals surface area contributed by atoms with Crippen LogP contribution in [0.2, 0.25) is 0 Å². The van der Waals surface area contributed by atoms with E-state index in [0.717, 1.165) is 0 Å². The molecule has 0 saturated carbocycles. The van der Waals surface area contributed by atoms with Gasteiger partial charge in [-0.2, -0.15) is 0 Å². The maximum absolute atomic E-state index is 5.00. The molecule has 26 heavy (non-hydrogen) atoms. The van der Waals surface area contributed by atoms with Gasteiger partial charge in [0.1, 0.15) is 0 Å². The first-order valence-corrected chi connectivity index (χ1v) is 0. The van der Waals surface area contributed by atoms with Crippen molar-refractivity contribution in [1.29, 1.82) is 0 Å². The molecule has 0 heteroatoms. The van der Waals surface area contributed by atoms with E-state index >= 15 is 0 Å². The quantitative estimate of drug-likeness (QED) is 0.303. The highest BCUT2D eigenvalue weighted by Crippen LogP contribution is 0.169. The Hall–Kier alpha value is 0. The van der Waals surface area contributed by atoms with Crippen molar-refractivity contribution in [2.24, 2.45) is 0 Å². The van der Waals surface area contributed by atoms with E-state index in [2.05, 4.69) is 0 Å². The van der Waals surface area contributed by atoms with Crippen LogP contribution in [0.25, 0.3) is 0 Å². The zero-order valence-corrected chi connectivity index (χ0v) is 0. The van der Waals surface area contributed by atoms with E-state index in [0.29, 0.717) is 0 Å². The van der Waals surface area contributed by atoms with Crippen LogP contribution in [0.1, 0.15) is 237 Å². The van der Waals surface area contributed by atoms with Gasteiger partial charge in [0.15, 0.2) is 0 Å². The molecule has 0 aliphatic carbocycles. The Morgan fingerprint density at radius 3 is 0.115 bits per heavy atom. The summed E-state index contributed by atoms with van der Waals surface area (Å²) in [6.45, 7) is 0. The average Bonchev–Trinajstić information content (AvgIpc) is 2.90. The van der Waals surface area contributed by atoms with Gasteiger partial charge < -0.3 is 0 Å². The van der Waals surface area contributed by atoms with Crippen molar-refractivity contribution in [1.82, 2.24) is 0 Å². The van der Waals surface area contributed by atoms with Crippen LogP contribution in [0.15, 0.2) is 0 Å². The van der Waals surface area contributed by atoms with E-state index in [9.17, 15) is 0 Å². The van der Waals surface area contributed by atoms with E-state index < -0.39 is 0 Å². The molecule has 242 valence electrons. The average molecular weight is 512 g/mol. The molecule has 0 aliphatic heterocycles. The lowest BCUT2D eigenvalue weighted by Gasteiger charge is -0.0786. The first-order chi connectivity index (χ1) is 13.0. The highest BCUT2D eigenvalue weighted by atomic mass is 12.0. The summed E-state index contributed by atoms with van der Waals surface area (Å²) in [6, 6.07) is 0. The topological polar surface area (TPSA) is 0 Å². The van der Waals surface area contributed by atoms with Gasteiger partial charge in [-0.3, -0.25) is 0 Å². The summed E-state index contributed by atoms with van der Waals surface area (Å²) in [6.07, 6.45) is 0. The van der Waals surface area contributed by atoms with Crippen LogP contribution in [0.5, 0.6) is 0 Å². The van der Waals surface area contributed by atoms with Gasteiger partial charge >= 0.3 is 0 Å². The molecular formula is C26H138. The summed E-state index contributed by atoms with van der Waals surface area (Å²) in [4.78, 5) is 0. The summed E-state index contributed by atoms with van der Waals surface area (Å²) >= 11 is 0. The lowest BCUT2D eigenvalue weighted by molar-refractivity contribution is 2.50. The Bertz CT molecular complexity index is 55.8. The van der Waals surface area contributed by atoms with Gasteiger partial charge in [0.25, 0.3) is 0 Å². The molecule has 0 N–H and O–H groups in total. The second-order valence-electron chi connectivity index (χ2n) is 0. The summed E-state index contributed by atoms with van der Waals surface area (Å²) in [5, 5.41) is 0. The van der Waals surface area contributed by atoms with Gasteiger partial charge in [0.05, 0.1) is 0 Å². The third-order valence-electron chi connectivity index (χ3n) is 0. The largest absolute Gasteiger partial charge is 0.0776 e. The molecule has 0 radical (unpaired) electrons. The van der Waals surface area contributed by atoms with Crippen LogP contribution < -0.4 is 0 Å². The Morgan fingerprint density at radius 1 is 0.115 bits per heavy atom. The van der Waals surface area contributed by atoms with Gasteiger partial charge in [-0.25, -0.2) is 0 Å². The summed E-state index contributed by atoms with van der Waals surface area (Å²) in [7, 11) is 0. The standard InChI is InChI=1S/26CH4.17H2/h26*1H4;17*1H/i;;;;;;;;;;;;;;;;;;;;;;;;;;13*1+2T;4*1+2. The molecule has 0 fully saturated rings. The smallest absolute Gasteiger partial charge is 0 e. The number of rotatable bonds is 0. The van der Waals surface area contributed by atoms with Crippen LogP contribution in [-0.4, -0.2) is 0 Å². The normalized spacial score (nSPS) is 4.00. The maximum Gasteiger partial charge on any atom is 0 e. The second-order valence-corrected chi connectivity index (χ2v) is 0. The summed E-state index contributed by atoms with van der Waals surface area (Å²) in [5.74, 6) is 0. The number of hydrogen-bond donors (Lipinski definition) is 0. The van der Waals surface area contributed by atoms with Crippen molar-refractivity contribution in [3.05, 3.63) is 0 Å². The van der Waals surface area contributed by atoms with Crippen molar-refractivity contribution in [3.63, 3.8) is 0 Å². The molecule has 0 saturated heterocycles. The molecule has 0 nitrogen and oxygen atoms in total. The Balaban J connectivity index is -0.000000000763. The van der Waals surface area contributed by atoms with E-state index in [4.69, 9.17) is 38.6 Å². The fraction of sp³-hybridized carbons (Fsp3) is 1.00. The molecule has 0 aliphatic rings. The maximum atomic E-state index is 5.00. The first-order valence-electron chi connectivity index (χ1n) is 13.0. The van der Waals surface area contributed by atoms with Crippen molar-refractivity contribution < 1.29 is 44.3 Å². The van der Waals surface area contributed by atoms with E-state index in [1.54, 1.807) is 0 Å². The van der Waals surface area contributed by atoms with E-state index in [-0.39, 0.29) is 199 Å². The molecule has 0 rings (SSSR count). The van der Waals surface area contributed by atoms with Crippen molar-refractivity contribution in [2.45, 2.75) is 193 Å². The highest BCUT2D eigenvalue weighted by Gasteiger charge is -0.0526. The molecule has 0 amide bonds. The molecule has 0 aromatic heterocycles. The van der Waals surface area contributed by atoms with Gasteiger partial charge in [0.2, 0.25) is 0 Å². The first kappa shape index (κ1) is 96.2. The fourth-order valence-electron chi connectivity index (χ4n) is 0. The highest BCUT2D eigenvalue weighted by molar-refractivity contribution is 2.53. The third-order valence-corrected chi connectivity index (χ3v) is 0. The fourth-order valence-corrected chi connectivity index (χ4v) is 0. The van der Waals surface area contributed by atoms with Gasteiger partial charge in [-0.15, -0.1) is 0 Å². The van der Waals surface area contributed by atoms with E-state index in [1.807, 2.05) is 0 Å². The Kier molecular flexibility index (Phi) is 0. The molecular weight excluding hydrogens is 312 g/mol. The minimum Gasteiger partial charge on any atom is -0.0776 e. The zero-order chi connectivity index (χ0) is 26.0. The van der Waals surface area contributed by atoms with Crippen LogP contribution in [0.4, 0.5) is 0 Å². The zero-order valence-electron chi connectivity index (χ0n) is 26.0. The minimum atomic E-state index is 0. The molecule has 0 atom stereocenters. The Morgan fingerprint density at radius 2 is 0.115 bits per heavy atom. The van der Waals surface area contributed by atoms with Crippen molar-refractivity contribution in [2.75, 3.05) is 0 Å².